The van der Waals surface area contributed by atoms with Crippen LogP contribution in [-0.4, -0.2) is 41.9 Å². The Morgan fingerprint density at radius 1 is 1.17 bits per heavy atom. The normalized spacial score (nSPS) is 15.8. The zero-order valence-electron chi connectivity index (χ0n) is 13.3. The minimum absolute atomic E-state index is 0.0381. The van der Waals surface area contributed by atoms with Crippen molar-refractivity contribution in [3.05, 3.63) is 59.0 Å². The molecule has 1 amide bonds. The van der Waals surface area contributed by atoms with E-state index < -0.39 is 0 Å². The molecular weight excluding hydrogens is 312 g/mol. The van der Waals surface area contributed by atoms with Gasteiger partial charge >= 0.3 is 0 Å². The molecule has 1 aromatic heterocycles. The van der Waals surface area contributed by atoms with Gasteiger partial charge in [0.2, 0.25) is 0 Å². The number of halogens is 1. The fourth-order valence-electron chi connectivity index (χ4n) is 2.86. The van der Waals surface area contributed by atoms with E-state index in [4.69, 9.17) is 16.0 Å². The van der Waals surface area contributed by atoms with Crippen LogP contribution in [0.25, 0.3) is 0 Å². The predicted molar refractivity (Wildman–Crippen MR) is 90.6 cm³/mol. The number of carbonyl (C=O) groups excluding carboxylic acids is 1. The molecule has 3 rings (SSSR count). The van der Waals surface area contributed by atoms with Gasteiger partial charge in [0.25, 0.3) is 5.91 Å². The highest BCUT2D eigenvalue weighted by Crippen LogP contribution is 2.19. The summed E-state index contributed by atoms with van der Waals surface area (Å²) in [6, 6.07) is 12.2. The number of carbonyl (C=O) groups is 1. The second-order valence-corrected chi connectivity index (χ2v) is 6.15. The maximum atomic E-state index is 12.5. The molecule has 0 radical (unpaired) electrons. The van der Waals surface area contributed by atoms with Crippen LogP contribution in [0, 0.1) is 6.92 Å². The van der Waals surface area contributed by atoms with E-state index in [-0.39, 0.29) is 5.91 Å². The summed E-state index contributed by atoms with van der Waals surface area (Å²) >= 11 is 5.84. The highest BCUT2D eigenvalue weighted by Gasteiger charge is 2.25. The molecule has 0 spiro atoms. The van der Waals surface area contributed by atoms with Gasteiger partial charge in [0.15, 0.2) is 5.76 Å². The Labute approximate surface area is 141 Å². The molecule has 5 heteroatoms. The average Bonchev–Trinajstić information content (AvgIpc) is 2.97. The summed E-state index contributed by atoms with van der Waals surface area (Å²) in [5.74, 6) is 1.46. The molecule has 1 aliphatic rings. The van der Waals surface area contributed by atoms with Gasteiger partial charge in [-0.3, -0.25) is 9.69 Å². The maximum Gasteiger partial charge on any atom is 0.289 e. The van der Waals surface area contributed by atoms with Gasteiger partial charge in [-0.1, -0.05) is 30.3 Å². The van der Waals surface area contributed by atoms with Gasteiger partial charge in [0.1, 0.15) is 5.76 Å². The highest BCUT2D eigenvalue weighted by molar-refractivity contribution is 6.17. The molecule has 1 fully saturated rings. The summed E-state index contributed by atoms with van der Waals surface area (Å²) in [4.78, 5) is 16.7. The predicted octanol–water partition coefficient (Wildman–Crippen LogP) is 3.28. The molecule has 1 aromatic carbocycles. The van der Waals surface area contributed by atoms with Crippen molar-refractivity contribution in [2.24, 2.45) is 0 Å². The lowest BCUT2D eigenvalue weighted by Crippen LogP contribution is -2.48. The van der Waals surface area contributed by atoms with E-state index in [1.807, 2.05) is 17.9 Å². The van der Waals surface area contributed by atoms with E-state index in [0.717, 1.165) is 44.0 Å². The monoisotopic (exact) mass is 332 g/mol. The molecule has 0 bridgehead atoms. The van der Waals surface area contributed by atoms with Crippen LogP contribution in [0.3, 0.4) is 0 Å². The number of aryl methyl sites for hydroxylation is 1. The van der Waals surface area contributed by atoms with Crippen LogP contribution < -0.4 is 0 Å². The zero-order valence-corrected chi connectivity index (χ0v) is 14.1. The van der Waals surface area contributed by atoms with Gasteiger partial charge < -0.3 is 9.32 Å². The zero-order chi connectivity index (χ0) is 16.2. The first-order valence-electron chi connectivity index (χ1n) is 7.88. The lowest BCUT2D eigenvalue weighted by Gasteiger charge is -2.34. The van der Waals surface area contributed by atoms with Gasteiger partial charge in [-0.15, -0.1) is 11.6 Å². The Morgan fingerprint density at radius 3 is 2.48 bits per heavy atom. The molecular formula is C18H21ClN2O2. The fourth-order valence-corrected chi connectivity index (χ4v) is 3.13. The van der Waals surface area contributed by atoms with Crippen molar-refractivity contribution in [2.75, 3.05) is 26.2 Å². The maximum absolute atomic E-state index is 12.5. The Bertz CT molecular complexity index is 661. The lowest BCUT2D eigenvalue weighted by atomic mass is 10.2. The number of rotatable bonds is 4. The summed E-state index contributed by atoms with van der Waals surface area (Å²) in [6.07, 6.45) is 0. The van der Waals surface area contributed by atoms with Crippen LogP contribution in [0.4, 0.5) is 0 Å². The number of benzene rings is 1. The highest BCUT2D eigenvalue weighted by atomic mass is 35.5. The molecule has 0 saturated carbocycles. The number of nitrogens with zero attached hydrogens (tertiary/aromatic N) is 2. The summed E-state index contributed by atoms with van der Waals surface area (Å²) in [6.45, 7) is 5.97. The van der Waals surface area contributed by atoms with E-state index >= 15 is 0 Å². The van der Waals surface area contributed by atoms with Crippen molar-refractivity contribution in [1.82, 2.24) is 9.80 Å². The van der Waals surface area contributed by atoms with Gasteiger partial charge in [-0.2, -0.15) is 0 Å². The standard InChI is InChI=1S/C18H21ClN2O2/c1-14-16(12-19)11-17(23-14)18(22)21-9-7-20(8-10-21)13-15-5-3-2-4-6-15/h2-6,11H,7-10,12-13H2,1H3. The number of hydrogen-bond donors (Lipinski definition) is 0. The third kappa shape index (κ3) is 3.77. The molecule has 0 N–H and O–H groups in total. The van der Waals surface area contributed by atoms with Crippen molar-refractivity contribution in [3.63, 3.8) is 0 Å². The lowest BCUT2D eigenvalue weighted by molar-refractivity contribution is 0.0596. The van der Waals surface area contributed by atoms with Crippen molar-refractivity contribution in [2.45, 2.75) is 19.3 Å². The quantitative estimate of drug-likeness (QED) is 0.806. The second-order valence-electron chi connectivity index (χ2n) is 5.88. The first-order valence-corrected chi connectivity index (χ1v) is 8.41. The van der Waals surface area contributed by atoms with Gasteiger partial charge in [0, 0.05) is 38.3 Å². The van der Waals surface area contributed by atoms with E-state index in [1.165, 1.54) is 5.56 Å². The third-order valence-electron chi connectivity index (χ3n) is 4.28. The summed E-state index contributed by atoms with van der Waals surface area (Å²) in [7, 11) is 0. The van der Waals surface area contributed by atoms with Gasteiger partial charge in [-0.05, 0) is 18.6 Å². The molecule has 2 heterocycles. The topological polar surface area (TPSA) is 36.7 Å². The third-order valence-corrected chi connectivity index (χ3v) is 4.57. The summed E-state index contributed by atoms with van der Waals surface area (Å²) < 4.78 is 5.55. The smallest absolute Gasteiger partial charge is 0.289 e. The number of hydrogen-bond acceptors (Lipinski definition) is 3. The fraction of sp³-hybridized carbons (Fsp3) is 0.389. The Balaban J connectivity index is 1.56. The average molecular weight is 333 g/mol. The molecule has 1 saturated heterocycles. The number of furan rings is 1. The van der Waals surface area contributed by atoms with Crippen LogP contribution in [0.15, 0.2) is 40.8 Å². The van der Waals surface area contributed by atoms with Crippen LogP contribution in [-0.2, 0) is 12.4 Å². The van der Waals surface area contributed by atoms with Crippen molar-refractivity contribution >= 4 is 17.5 Å². The first kappa shape index (κ1) is 16.1. The Morgan fingerprint density at radius 2 is 1.87 bits per heavy atom. The van der Waals surface area contributed by atoms with Crippen molar-refractivity contribution in [3.8, 4) is 0 Å². The largest absolute Gasteiger partial charge is 0.456 e. The number of piperazine rings is 1. The Kier molecular flexibility index (Phi) is 5.03. The molecule has 1 aliphatic heterocycles. The summed E-state index contributed by atoms with van der Waals surface area (Å²) in [5.41, 5.74) is 2.19. The molecule has 122 valence electrons. The number of amides is 1. The number of alkyl halides is 1. The van der Waals surface area contributed by atoms with Crippen molar-refractivity contribution < 1.29 is 9.21 Å². The van der Waals surface area contributed by atoms with Gasteiger partial charge in [-0.25, -0.2) is 0 Å². The van der Waals surface area contributed by atoms with E-state index in [0.29, 0.717) is 11.6 Å². The molecule has 23 heavy (non-hydrogen) atoms. The SMILES string of the molecule is Cc1oc(C(=O)N2CCN(Cc3ccccc3)CC2)cc1CCl. The summed E-state index contributed by atoms with van der Waals surface area (Å²) in [5, 5.41) is 0. The molecule has 4 nitrogen and oxygen atoms in total. The molecule has 2 aromatic rings. The minimum atomic E-state index is -0.0381. The van der Waals surface area contributed by atoms with Crippen LogP contribution >= 0.6 is 11.6 Å². The molecule has 0 atom stereocenters. The Hall–Kier alpha value is -1.78. The van der Waals surface area contributed by atoms with E-state index in [1.54, 1.807) is 6.07 Å². The van der Waals surface area contributed by atoms with Crippen LogP contribution in [0.1, 0.15) is 27.4 Å². The van der Waals surface area contributed by atoms with E-state index in [9.17, 15) is 4.79 Å². The van der Waals surface area contributed by atoms with Crippen LogP contribution in [0.2, 0.25) is 0 Å². The van der Waals surface area contributed by atoms with Crippen molar-refractivity contribution in [1.29, 1.82) is 0 Å². The van der Waals surface area contributed by atoms with Gasteiger partial charge in [0.05, 0.1) is 5.88 Å². The first-order chi connectivity index (χ1) is 11.2. The molecule has 0 aliphatic carbocycles. The van der Waals surface area contributed by atoms with E-state index in [2.05, 4.69) is 29.2 Å². The second kappa shape index (κ2) is 7.20. The minimum Gasteiger partial charge on any atom is -0.456 e. The molecule has 0 unspecified atom stereocenters. The van der Waals surface area contributed by atoms with Crippen LogP contribution in [0.5, 0.6) is 0 Å².